The normalized spacial score (nSPS) is 20.5. The van der Waals surface area contributed by atoms with Crippen LogP contribution >= 0.6 is 0 Å². The van der Waals surface area contributed by atoms with E-state index in [0.29, 0.717) is 61.3 Å². The number of rotatable bonds is 9. The minimum Gasteiger partial charge on any atom is -0.487 e. The summed E-state index contributed by atoms with van der Waals surface area (Å²) in [6.07, 6.45) is -0.160. The van der Waals surface area contributed by atoms with E-state index in [1.54, 1.807) is 55.3 Å². The lowest BCUT2D eigenvalue weighted by molar-refractivity contribution is -0.116. The molecule has 0 bridgehead atoms. The van der Waals surface area contributed by atoms with Gasteiger partial charge in [-0.15, -0.1) is 0 Å². The number of fused-ring (bicyclic) bond motifs is 2. The van der Waals surface area contributed by atoms with Crippen molar-refractivity contribution in [1.29, 1.82) is 0 Å². The van der Waals surface area contributed by atoms with Crippen molar-refractivity contribution in [2.24, 2.45) is 5.92 Å². The average molecular weight is 612 g/mol. The van der Waals surface area contributed by atoms with Crippen molar-refractivity contribution in [1.82, 2.24) is 14.7 Å². The van der Waals surface area contributed by atoms with E-state index < -0.39 is 12.1 Å². The van der Waals surface area contributed by atoms with Crippen molar-refractivity contribution in [3.63, 3.8) is 0 Å². The first-order valence-corrected chi connectivity index (χ1v) is 15.0. The zero-order chi connectivity index (χ0) is 31.2. The van der Waals surface area contributed by atoms with E-state index in [-0.39, 0.29) is 49.3 Å². The van der Waals surface area contributed by atoms with Crippen LogP contribution in [-0.2, 0) is 9.53 Å². The van der Waals surface area contributed by atoms with Gasteiger partial charge in [0.15, 0.2) is 11.5 Å². The second kappa shape index (κ2) is 14.1. The fourth-order valence-electron chi connectivity index (χ4n) is 5.37. The standard InChI is InChI=1S/C31H41N5O8/c1-20-16-36(21(2)18-37)30(39)24-14-22(32-29(38)8-9-35-10-12-41-13-11-35)4-6-25(24)44-28(20)17-34(3)31(40)33-23-5-7-26-27(15-23)43-19-42-26/h4-7,14-15,20-21,28,37H,8-13,16-19H2,1-3H3,(H,32,38)(H,33,40)/t20-,21-,28+/m1/s1. The van der Waals surface area contributed by atoms with Gasteiger partial charge in [-0.3, -0.25) is 14.5 Å². The third-order valence-electron chi connectivity index (χ3n) is 8.13. The van der Waals surface area contributed by atoms with E-state index in [1.165, 1.54) is 4.90 Å². The summed E-state index contributed by atoms with van der Waals surface area (Å²) in [5, 5.41) is 15.7. The number of benzene rings is 2. The molecule has 0 aliphatic carbocycles. The van der Waals surface area contributed by atoms with Gasteiger partial charge in [0.25, 0.3) is 5.91 Å². The summed E-state index contributed by atoms with van der Waals surface area (Å²) in [6, 6.07) is 9.39. The Hall–Kier alpha value is -4.07. The van der Waals surface area contributed by atoms with E-state index in [2.05, 4.69) is 15.5 Å². The summed E-state index contributed by atoms with van der Waals surface area (Å²) in [5.41, 5.74) is 1.33. The van der Waals surface area contributed by atoms with Crippen molar-refractivity contribution >= 4 is 29.2 Å². The first-order valence-electron chi connectivity index (χ1n) is 15.0. The molecule has 0 spiro atoms. The van der Waals surface area contributed by atoms with Crippen LogP contribution in [0.15, 0.2) is 36.4 Å². The molecule has 0 saturated carbocycles. The molecule has 5 rings (SSSR count). The number of amides is 4. The van der Waals surface area contributed by atoms with Crippen LogP contribution in [-0.4, -0.2) is 116 Å². The van der Waals surface area contributed by atoms with Crippen LogP contribution in [0.2, 0.25) is 0 Å². The molecule has 3 heterocycles. The van der Waals surface area contributed by atoms with Crippen molar-refractivity contribution in [3.8, 4) is 17.2 Å². The predicted octanol–water partition coefficient (Wildman–Crippen LogP) is 2.46. The number of aliphatic hydroxyl groups is 1. The summed E-state index contributed by atoms with van der Waals surface area (Å²) in [6.45, 7) is 7.74. The summed E-state index contributed by atoms with van der Waals surface area (Å²) < 4.78 is 22.5. The van der Waals surface area contributed by atoms with Gasteiger partial charge in [0.1, 0.15) is 11.9 Å². The monoisotopic (exact) mass is 611 g/mol. The van der Waals surface area contributed by atoms with Crippen LogP contribution in [0.3, 0.4) is 0 Å². The van der Waals surface area contributed by atoms with E-state index >= 15 is 0 Å². The molecule has 3 N–H and O–H groups in total. The lowest BCUT2D eigenvalue weighted by atomic mass is 9.99. The molecule has 3 aliphatic rings. The third-order valence-corrected chi connectivity index (χ3v) is 8.13. The number of aliphatic hydroxyl groups excluding tert-OH is 1. The molecule has 2 aromatic carbocycles. The number of hydrogen-bond acceptors (Lipinski definition) is 9. The Balaban J connectivity index is 1.29. The van der Waals surface area contributed by atoms with E-state index in [0.717, 1.165) is 13.1 Å². The average Bonchev–Trinajstić information content (AvgIpc) is 3.50. The molecule has 13 nitrogen and oxygen atoms in total. The van der Waals surface area contributed by atoms with Crippen LogP contribution in [0, 0.1) is 5.92 Å². The Morgan fingerprint density at radius 3 is 2.50 bits per heavy atom. The van der Waals surface area contributed by atoms with Gasteiger partial charge >= 0.3 is 6.03 Å². The Kier molecular flexibility index (Phi) is 10.1. The Bertz CT molecular complexity index is 1350. The number of carbonyl (C=O) groups is 3. The van der Waals surface area contributed by atoms with Crippen LogP contribution in [0.5, 0.6) is 17.2 Å². The maximum atomic E-state index is 13.7. The number of nitrogens with zero attached hydrogens (tertiary/aromatic N) is 3. The molecule has 13 heteroatoms. The molecular formula is C31H41N5O8. The molecule has 44 heavy (non-hydrogen) atoms. The maximum absolute atomic E-state index is 13.7. The highest BCUT2D eigenvalue weighted by atomic mass is 16.7. The second-order valence-corrected chi connectivity index (χ2v) is 11.5. The number of hydrogen-bond donors (Lipinski definition) is 3. The van der Waals surface area contributed by atoms with Crippen molar-refractivity contribution < 1.29 is 38.4 Å². The molecule has 0 radical (unpaired) electrons. The minimum absolute atomic E-state index is 0.141. The van der Waals surface area contributed by atoms with E-state index in [1.807, 2.05) is 6.92 Å². The highest BCUT2D eigenvalue weighted by Gasteiger charge is 2.34. The second-order valence-electron chi connectivity index (χ2n) is 11.5. The van der Waals surface area contributed by atoms with Gasteiger partial charge < -0.3 is 44.5 Å². The van der Waals surface area contributed by atoms with Gasteiger partial charge in [0.2, 0.25) is 12.7 Å². The predicted molar refractivity (Wildman–Crippen MR) is 162 cm³/mol. The van der Waals surface area contributed by atoms with Crippen molar-refractivity contribution in [3.05, 3.63) is 42.0 Å². The van der Waals surface area contributed by atoms with Crippen LogP contribution in [0.4, 0.5) is 16.2 Å². The van der Waals surface area contributed by atoms with Gasteiger partial charge in [0.05, 0.1) is 38.0 Å². The summed E-state index contributed by atoms with van der Waals surface area (Å²) in [5.74, 6) is 0.898. The Labute approximate surface area is 257 Å². The number of carbonyl (C=O) groups excluding carboxylic acids is 3. The minimum atomic E-state index is -0.475. The number of anilines is 2. The topological polar surface area (TPSA) is 142 Å². The number of likely N-dealkylation sites (N-methyl/N-ethyl adjacent to an activating group) is 1. The highest BCUT2D eigenvalue weighted by molar-refractivity contribution is 6.00. The lowest BCUT2D eigenvalue weighted by Gasteiger charge is -2.38. The van der Waals surface area contributed by atoms with Gasteiger partial charge in [-0.1, -0.05) is 6.92 Å². The first-order chi connectivity index (χ1) is 21.2. The zero-order valence-corrected chi connectivity index (χ0v) is 25.4. The van der Waals surface area contributed by atoms with Crippen LogP contribution in [0.25, 0.3) is 0 Å². The smallest absolute Gasteiger partial charge is 0.321 e. The Morgan fingerprint density at radius 1 is 1.05 bits per heavy atom. The van der Waals surface area contributed by atoms with Gasteiger partial charge in [-0.25, -0.2) is 4.79 Å². The number of morpholine rings is 1. The van der Waals surface area contributed by atoms with Gasteiger partial charge in [-0.05, 0) is 37.3 Å². The van der Waals surface area contributed by atoms with E-state index in [4.69, 9.17) is 18.9 Å². The lowest BCUT2D eigenvalue weighted by Crippen LogP contribution is -2.50. The summed E-state index contributed by atoms with van der Waals surface area (Å²) in [4.78, 5) is 44.9. The molecule has 0 unspecified atom stereocenters. The molecule has 238 valence electrons. The van der Waals surface area contributed by atoms with Crippen molar-refractivity contribution in [2.75, 3.05) is 77.0 Å². The Morgan fingerprint density at radius 2 is 1.75 bits per heavy atom. The quantitative estimate of drug-likeness (QED) is 0.390. The fourth-order valence-corrected chi connectivity index (χ4v) is 5.37. The molecule has 2 aromatic rings. The van der Waals surface area contributed by atoms with Crippen LogP contribution in [0.1, 0.15) is 30.6 Å². The first kappa shape index (κ1) is 31.4. The highest BCUT2D eigenvalue weighted by Crippen LogP contribution is 2.34. The summed E-state index contributed by atoms with van der Waals surface area (Å²) in [7, 11) is 1.67. The zero-order valence-electron chi connectivity index (χ0n) is 25.4. The number of urea groups is 1. The molecule has 3 atom stereocenters. The van der Waals surface area contributed by atoms with Crippen molar-refractivity contribution in [2.45, 2.75) is 32.4 Å². The number of nitrogens with one attached hydrogen (secondary N) is 2. The molecular weight excluding hydrogens is 570 g/mol. The molecule has 1 saturated heterocycles. The number of ether oxygens (including phenoxy) is 4. The van der Waals surface area contributed by atoms with Gasteiger partial charge in [-0.2, -0.15) is 0 Å². The maximum Gasteiger partial charge on any atom is 0.321 e. The molecule has 0 aromatic heterocycles. The SMILES string of the molecule is C[C@@H]1CN([C@H](C)CO)C(=O)c2cc(NC(=O)CCN3CCOCC3)ccc2O[C@H]1CN(C)C(=O)Nc1ccc2c(c1)OCO2. The van der Waals surface area contributed by atoms with Crippen LogP contribution < -0.4 is 24.8 Å². The molecule has 3 aliphatic heterocycles. The molecule has 4 amide bonds. The summed E-state index contributed by atoms with van der Waals surface area (Å²) >= 11 is 0. The molecule has 1 fully saturated rings. The third kappa shape index (κ3) is 7.52. The largest absolute Gasteiger partial charge is 0.487 e. The fraction of sp³-hybridized carbons (Fsp3) is 0.516. The van der Waals surface area contributed by atoms with E-state index in [9.17, 15) is 19.5 Å². The van der Waals surface area contributed by atoms with Gasteiger partial charge in [0, 0.05) is 63.0 Å².